The Bertz CT molecular complexity index is 3430. The van der Waals surface area contributed by atoms with Crippen LogP contribution in [0.1, 0.15) is 150 Å². The Kier molecular flexibility index (Phi) is 25.7. The van der Waals surface area contributed by atoms with Crippen LogP contribution in [0.15, 0.2) is 175 Å². The zero-order valence-corrected chi connectivity index (χ0v) is 55.0. The van der Waals surface area contributed by atoms with Crippen LogP contribution in [0.2, 0.25) is 0 Å². The van der Waals surface area contributed by atoms with Crippen LogP contribution in [-0.4, -0.2) is 152 Å². The number of ether oxygens (including phenoxy) is 7. The minimum atomic E-state index is -0.592. The molecule has 8 aromatic rings. The van der Waals surface area contributed by atoms with Gasteiger partial charge in [-0.05, 0) is 71.1 Å². The van der Waals surface area contributed by atoms with E-state index in [9.17, 15) is 19.5 Å². The zero-order valence-electron chi connectivity index (χ0n) is 55.0. The monoisotopic (exact) mass is 1310 g/mol. The van der Waals surface area contributed by atoms with Crippen molar-refractivity contribution >= 4 is 18.3 Å². The summed E-state index contributed by atoms with van der Waals surface area (Å²) in [5.41, 5.74) is 2.45. The topological polar surface area (TPSA) is 300 Å². The van der Waals surface area contributed by atoms with Crippen molar-refractivity contribution in [2.75, 3.05) is 46.9 Å². The molecule has 3 amide bonds. The number of aromatic nitrogens is 5. The smallest absolute Gasteiger partial charge is 0.410 e. The molecule has 3 aromatic carbocycles. The fraction of sp³-hybridized carbons (Fsp3) is 0.478. The van der Waals surface area contributed by atoms with E-state index in [0.717, 1.165) is 54.4 Å². The van der Waals surface area contributed by atoms with Gasteiger partial charge < -0.3 is 71.0 Å². The van der Waals surface area contributed by atoms with E-state index in [1.165, 1.54) is 29.9 Å². The van der Waals surface area contributed by atoms with E-state index >= 15 is 0 Å². The van der Waals surface area contributed by atoms with Gasteiger partial charge >= 0.3 is 18.3 Å². The van der Waals surface area contributed by atoms with Gasteiger partial charge in [0.1, 0.15) is 69.3 Å². The van der Waals surface area contributed by atoms with E-state index in [4.69, 9.17) is 55.2 Å². The summed E-state index contributed by atoms with van der Waals surface area (Å²) in [7, 11) is 3.36. The van der Waals surface area contributed by atoms with Crippen molar-refractivity contribution < 1.29 is 74.7 Å². The summed E-state index contributed by atoms with van der Waals surface area (Å²) in [5.74, 6) is 2.96. The third kappa shape index (κ3) is 21.6. The number of benzene rings is 3. The van der Waals surface area contributed by atoms with Crippen LogP contribution in [0.3, 0.4) is 0 Å². The van der Waals surface area contributed by atoms with Crippen molar-refractivity contribution in [2.24, 2.45) is 0 Å². The number of methoxy groups -OCH3 is 2. The van der Waals surface area contributed by atoms with Crippen LogP contribution >= 0.6 is 0 Å². The molecule has 0 aliphatic carbocycles. The van der Waals surface area contributed by atoms with Gasteiger partial charge in [0.15, 0.2) is 0 Å². The maximum Gasteiger partial charge on any atom is 0.410 e. The highest BCUT2D eigenvalue weighted by Gasteiger charge is 2.43. The van der Waals surface area contributed by atoms with E-state index in [-0.39, 0.29) is 98.3 Å². The van der Waals surface area contributed by atoms with E-state index in [2.05, 4.69) is 56.3 Å². The molecular formula is C69H88N10O16. The van der Waals surface area contributed by atoms with Crippen LogP contribution in [-0.2, 0) is 53.0 Å². The van der Waals surface area contributed by atoms with Crippen LogP contribution < -0.4 is 10.6 Å². The van der Waals surface area contributed by atoms with Crippen LogP contribution in [0.4, 0.5) is 14.4 Å². The predicted octanol–water partition coefficient (Wildman–Crippen LogP) is 11.5. The van der Waals surface area contributed by atoms with Crippen LogP contribution in [0.5, 0.6) is 0 Å². The van der Waals surface area contributed by atoms with Gasteiger partial charge in [-0.25, -0.2) is 39.3 Å². The number of oxazole rings is 5. The molecule has 1 unspecified atom stereocenters. The SMILES string of the molecule is CC(C)(C)OC1C[C@@H](c2ncco2)N(C(=O)OCc2ccccc2)C1.CC(C)(C)O[C@@H]1CN[C@H](c2ncco2)C1.CO[C@@H]1CN[C@H](c2ncco2)C1.CO[C@H]1C[C@@H](c2ncco2)N(C(=O)OCc2ccccc2)C1.O=C(OCc1ccccc1)N1C[C@@H](O)C[C@H]1c1ncco1. The molecule has 0 saturated carbocycles. The van der Waals surface area contributed by atoms with Crippen LogP contribution in [0, 0.1) is 0 Å². The molecule has 26 nitrogen and oxygen atoms in total. The lowest BCUT2D eigenvalue weighted by atomic mass is 10.1. The fourth-order valence-corrected chi connectivity index (χ4v) is 11.4. The lowest BCUT2D eigenvalue weighted by molar-refractivity contribution is -0.0540. The lowest BCUT2D eigenvalue weighted by Gasteiger charge is -2.24. The van der Waals surface area contributed by atoms with Gasteiger partial charge in [0.05, 0.1) is 104 Å². The lowest BCUT2D eigenvalue weighted by Crippen LogP contribution is -2.34. The van der Waals surface area contributed by atoms with E-state index in [0.29, 0.717) is 56.1 Å². The van der Waals surface area contributed by atoms with Crippen molar-refractivity contribution in [1.82, 2.24) is 50.3 Å². The molecule has 5 aliphatic heterocycles. The second-order valence-electron chi connectivity index (χ2n) is 25.2. The first kappa shape index (κ1) is 70.6. The Balaban J connectivity index is 0.000000142. The Hall–Kier alpha value is -8.76. The third-order valence-corrected chi connectivity index (χ3v) is 15.7. The van der Waals surface area contributed by atoms with Gasteiger partial charge in [0.2, 0.25) is 29.5 Å². The standard InChI is InChI=1S/C19H24N2O4.C16H18N2O4.C15H16N2O4.C11H18N2O2.C8H12N2O2/c1-19(2,3)25-15-11-16(17-20-9-10-23-17)21(12-15)18(22)24-13-14-7-5-4-6-8-14;1-20-13-9-14(15-17-7-8-21-15)18(10-13)16(19)22-11-12-5-3-2-4-6-12;18-12-8-13(14-16-6-7-20-14)17(9-12)15(19)21-10-11-4-2-1-3-5-11;1-11(2,3)15-8-6-9(13-7-8)10-12-4-5-14-10;1-11-6-4-7(10-5-6)8-9-2-3-12-8/h4-10,15-16H,11-13H2,1-3H3;2-8,13-14H,9-11H2,1H3;1-7,12-13,18H,8-10H2;4-5,8-9,13H,6-7H2,1-3H3;2-3,6-7,10H,4-5H2,1H3/t15?,16-;13-,14-;12-,13-;8-,9-;6-,7-/m00000/s1. The first-order chi connectivity index (χ1) is 45.9. The average molecular weight is 1310 g/mol. The summed E-state index contributed by atoms with van der Waals surface area (Å²) in [5, 5.41) is 16.4. The highest BCUT2D eigenvalue weighted by atomic mass is 16.6. The summed E-state index contributed by atoms with van der Waals surface area (Å²) in [4.78, 5) is 62.5. The molecule has 0 bridgehead atoms. The molecule has 5 saturated heterocycles. The molecule has 0 spiro atoms. The van der Waals surface area contributed by atoms with Crippen molar-refractivity contribution in [3.63, 3.8) is 0 Å². The number of amides is 3. The first-order valence-electron chi connectivity index (χ1n) is 31.8. The van der Waals surface area contributed by atoms with E-state index < -0.39 is 12.2 Å². The first-order valence-corrected chi connectivity index (χ1v) is 31.8. The number of carbonyl (C=O) groups is 3. The van der Waals surface area contributed by atoms with Gasteiger partial charge in [-0.3, -0.25) is 14.7 Å². The minimum Gasteiger partial charge on any atom is -0.447 e. The molecule has 3 N–H and O–H groups in total. The zero-order chi connectivity index (χ0) is 67.2. The van der Waals surface area contributed by atoms with E-state index in [1.807, 2.05) is 112 Å². The number of carbonyl (C=O) groups excluding carboxylic acids is 3. The van der Waals surface area contributed by atoms with Crippen molar-refractivity contribution in [3.8, 4) is 0 Å². The number of aliphatic hydroxyl groups is 1. The quantitative estimate of drug-likeness (QED) is 0.0803. The van der Waals surface area contributed by atoms with Gasteiger partial charge in [-0.2, -0.15) is 0 Å². The van der Waals surface area contributed by atoms with E-state index in [1.54, 1.807) is 61.3 Å². The number of rotatable bonds is 15. The van der Waals surface area contributed by atoms with Gasteiger partial charge in [0.25, 0.3) is 0 Å². The Labute approximate surface area is 552 Å². The second kappa shape index (κ2) is 34.6. The summed E-state index contributed by atoms with van der Waals surface area (Å²) in [6.07, 6.45) is 17.8. The number of likely N-dealkylation sites (tertiary alicyclic amines) is 3. The molecule has 95 heavy (non-hydrogen) atoms. The van der Waals surface area contributed by atoms with Crippen molar-refractivity contribution in [3.05, 3.63) is 199 Å². The molecule has 510 valence electrons. The molecule has 5 fully saturated rings. The maximum atomic E-state index is 12.6. The molecular weight excluding hydrogens is 1220 g/mol. The number of nitrogens with zero attached hydrogens (tertiary/aromatic N) is 8. The number of nitrogens with one attached hydrogen (secondary N) is 2. The normalized spacial score (nSPS) is 23.1. The molecule has 10 atom stereocenters. The highest BCUT2D eigenvalue weighted by Crippen LogP contribution is 2.37. The van der Waals surface area contributed by atoms with Crippen molar-refractivity contribution in [2.45, 2.75) is 165 Å². The summed E-state index contributed by atoms with van der Waals surface area (Å²) < 4.78 is 65.1. The molecule has 5 aromatic heterocycles. The summed E-state index contributed by atoms with van der Waals surface area (Å²) in [6.45, 7) is 15.8. The third-order valence-electron chi connectivity index (χ3n) is 15.7. The molecule has 13 rings (SSSR count). The van der Waals surface area contributed by atoms with Crippen LogP contribution in [0.25, 0.3) is 0 Å². The fourth-order valence-electron chi connectivity index (χ4n) is 11.4. The largest absolute Gasteiger partial charge is 0.447 e. The van der Waals surface area contributed by atoms with Gasteiger partial charge in [0, 0.05) is 46.6 Å². The Morgan fingerprint density at radius 3 is 1.13 bits per heavy atom. The second-order valence-corrected chi connectivity index (χ2v) is 25.2. The number of aliphatic hydroxyl groups excluding tert-OH is 1. The molecule has 10 heterocycles. The number of hydrogen-bond acceptors (Lipinski definition) is 23. The summed E-state index contributed by atoms with van der Waals surface area (Å²) in [6, 6.07) is 28.2. The van der Waals surface area contributed by atoms with Gasteiger partial charge in [-0.1, -0.05) is 91.0 Å². The number of hydrogen-bond donors (Lipinski definition) is 3. The highest BCUT2D eigenvalue weighted by molar-refractivity contribution is 5.70. The molecule has 26 heteroatoms. The number of β-amino-alcohol motifs (C(OH)–C–C–N with tert-alkyl or cyclic N) is 1. The van der Waals surface area contributed by atoms with Gasteiger partial charge in [-0.15, -0.1) is 0 Å². The molecule has 0 radical (unpaired) electrons. The maximum absolute atomic E-state index is 12.6. The predicted molar refractivity (Wildman–Crippen MR) is 342 cm³/mol. The van der Waals surface area contributed by atoms with Crippen molar-refractivity contribution in [1.29, 1.82) is 0 Å². The summed E-state index contributed by atoms with van der Waals surface area (Å²) >= 11 is 0. The Morgan fingerprint density at radius 1 is 0.442 bits per heavy atom. The Morgan fingerprint density at radius 2 is 0.768 bits per heavy atom. The molecule has 5 aliphatic rings. The minimum absolute atomic E-state index is 0.0406. The average Bonchev–Trinajstić information content (AvgIpc) is 1.70.